The Morgan fingerprint density at radius 2 is 1.81 bits per heavy atom. The second-order valence-corrected chi connectivity index (χ2v) is 11.2. The minimum Gasteiger partial charge on any atom is -0.379 e. The molecule has 248 valence electrons. The molecule has 4 aromatic rings. The summed E-state index contributed by atoms with van der Waals surface area (Å²) in [6.07, 6.45) is -1.79. The molecule has 2 fully saturated rings. The van der Waals surface area contributed by atoms with Crippen molar-refractivity contribution in [2.24, 2.45) is 0 Å². The zero-order valence-electron chi connectivity index (χ0n) is 25.8. The minimum absolute atomic E-state index is 0.0915. The number of anilines is 6. The number of H-pyrrole nitrogens is 1. The first-order valence-corrected chi connectivity index (χ1v) is 15.4. The molecule has 16 heteroatoms. The summed E-state index contributed by atoms with van der Waals surface area (Å²) in [7, 11) is 0. The van der Waals surface area contributed by atoms with Gasteiger partial charge in [-0.15, -0.1) is 0 Å². The van der Waals surface area contributed by atoms with Gasteiger partial charge in [-0.25, -0.2) is 15.1 Å². The van der Waals surface area contributed by atoms with Gasteiger partial charge in [0.05, 0.1) is 24.5 Å². The average Bonchev–Trinajstić information content (AvgIpc) is 3.61. The molecular formula is C31H36F3N11O2. The molecule has 2 aliphatic heterocycles. The van der Waals surface area contributed by atoms with E-state index in [2.05, 4.69) is 46.0 Å². The van der Waals surface area contributed by atoms with Crippen LogP contribution in [0.2, 0.25) is 0 Å². The minimum atomic E-state index is -4.61. The fourth-order valence-electron chi connectivity index (χ4n) is 5.53. The van der Waals surface area contributed by atoms with Crippen LogP contribution in [-0.2, 0) is 10.9 Å². The van der Waals surface area contributed by atoms with Crippen LogP contribution in [0, 0.1) is 6.92 Å². The first kappa shape index (κ1) is 32.2. The quantitative estimate of drug-likeness (QED) is 0.199. The Morgan fingerprint density at radius 3 is 2.55 bits per heavy atom. The lowest BCUT2D eigenvalue weighted by molar-refractivity contribution is -0.137. The molecule has 1 amide bonds. The van der Waals surface area contributed by atoms with Crippen molar-refractivity contribution in [1.82, 2.24) is 35.4 Å². The third-order valence-corrected chi connectivity index (χ3v) is 8.03. The fourth-order valence-corrected chi connectivity index (χ4v) is 5.53. The molecule has 6 rings (SSSR count). The molecule has 47 heavy (non-hydrogen) atoms. The van der Waals surface area contributed by atoms with Gasteiger partial charge >= 0.3 is 6.18 Å². The number of hydrogen-bond donors (Lipinski definition) is 4. The van der Waals surface area contributed by atoms with Crippen molar-refractivity contribution in [3.05, 3.63) is 71.8 Å². The van der Waals surface area contributed by atoms with Gasteiger partial charge < -0.3 is 25.6 Å². The van der Waals surface area contributed by atoms with E-state index in [4.69, 9.17) is 4.74 Å². The number of rotatable bonds is 10. The molecule has 2 aliphatic rings. The maximum Gasteiger partial charge on any atom is 0.416 e. The second-order valence-electron chi connectivity index (χ2n) is 11.2. The number of hydrogen-bond acceptors (Lipinski definition) is 11. The molecule has 4 N–H and O–H groups in total. The zero-order valence-corrected chi connectivity index (χ0v) is 25.8. The first-order valence-electron chi connectivity index (χ1n) is 15.4. The van der Waals surface area contributed by atoms with E-state index in [1.807, 2.05) is 11.8 Å². The Balaban J connectivity index is 1.25. The van der Waals surface area contributed by atoms with Gasteiger partial charge in [0.2, 0.25) is 5.95 Å². The van der Waals surface area contributed by atoms with Gasteiger partial charge in [-0.3, -0.25) is 14.6 Å². The number of morpholine rings is 1. The Kier molecular flexibility index (Phi) is 9.79. The molecule has 2 saturated heterocycles. The number of nitrogens with one attached hydrogen (secondary N) is 4. The predicted molar refractivity (Wildman–Crippen MR) is 172 cm³/mol. The largest absolute Gasteiger partial charge is 0.416 e. The molecule has 13 nitrogen and oxygen atoms in total. The summed E-state index contributed by atoms with van der Waals surface area (Å²) < 4.78 is 47.0. The summed E-state index contributed by atoms with van der Waals surface area (Å²) >= 11 is 0. The number of nitrogens with zero attached hydrogens (tertiary/aromatic N) is 7. The van der Waals surface area contributed by atoms with Crippen LogP contribution in [-0.4, -0.2) is 102 Å². The van der Waals surface area contributed by atoms with Gasteiger partial charge in [-0.2, -0.15) is 23.3 Å². The van der Waals surface area contributed by atoms with Gasteiger partial charge in [-0.1, -0.05) is 6.07 Å². The standard InChI is InChI=1S/C31H36F3N11O2/c1-21-2-3-24(41-29(46)22-14-23(31(32,33)34)16-25(15-22)44-8-4-35-5-9-44)17-26(21)45(30-39-20-40-42-30)28-18-27(37-19-38-28)36-6-7-43-10-12-47-13-11-43/h2-3,14-20,35H,4-13H2,1H3,(H,41,46)(H,36,37,38)(H,39,40,42). The lowest BCUT2D eigenvalue weighted by Crippen LogP contribution is -2.43. The zero-order chi connectivity index (χ0) is 32.8. The highest BCUT2D eigenvalue weighted by atomic mass is 19.4. The second kappa shape index (κ2) is 14.3. The van der Waals surface area contributed by atoms with Crippen molar-refractivity contribution in [2.45, 2.75) is 13.1 Å². The topological polar surface area (TPSA) is 139 Å². The molecule has 0 aliphatic carbocycles. The number of piperazine rings is 1. The van der Waals surface area contributed by atoms with Crippen molar-refractivity contribution >= 4 is 40.6 Å². The normalized spacial score (nSPS) is 15.8. The number of aromatic amines is 1. The third kappa shape index (κ3) is 7.96. The van der Waals surface area contributed by atoms with Gasteiger partial charge in [0.15, 0.2) is 0 Å². The lowest BCUT2D eigenvalue weighted by atomic mass is 10.1. The number of carbonyl (C=O) groups is 1. The molecule has 0 radical (unpaired) electrons. The molecule has 0 spiro atoms. The number of aromatic nitrogens is 5. The predicted octanol–water partition coefficient (Wildman–Crippen LogP) is 3.80. The monoisotopic (exact) mass is 651 g/mol. The van der Waals surface area contributed by atoms with Crippen LogP contribution < -0.4 is 25.8 Å². The smallest absolute Gasteiger partial charge is 0.379 e. The summed E-state index contributed by atoms with van der Waals surface area (Å²) in [5.41, 5.74) is 1.19. The van der Waals surface area contributed by atoms with Crippen LogP contribution >= 0.6 is 0 Å². The summed E-state index contributed by atoms with van der Waals surface area (Å²) in [5.74, 6) is 0.797. The molecule has 0 saturated carbocycles. The van der Waals surface area contributed by atoms with Crippen molar-refractivity contribution in [3.63, 3.8) is 0 Å². The maximum atomic E-state index is 13.9. The molecule has 2 aromatic heterocycles. The molecular weight excluding hydrogens is 615 g/mol. The van der Waals surface area contributed by atoms with Crippen LogP contribution in [0.5, 0.6) is 0 Å². The lowest BCUT2D eigenvalue weighted by Gasteiger charge is -2.30. The van der Waals surface area contributed by atoms with E-state index in [1.165, 1.54) is 18.7 Å². The van der Waals surface area contributed by atoms with E-state index in [0.29, 0.717) is 67.4 Å². The summed E-state index contributed by atoms with van der Waals surface area (Å²) in [6.45, 7) is 8.96. The maximum absolute atomic E-state index is 13.9. The van der Waals surface area contributed by atoms with Crippen molar-refractivity contribution in [2.75, 3.05) is 86.0 Å². The number of carbonyl (C=O) groups excluding carboxylic acids is 1. The van der Waals surface area contributed by atoms with Crippen LogP contribution in [0.25, 0.3) is 0 Å². The first-order chi connectivity index (χ1) is 22.7. The summed E-state index contributed by atoms with van der Waals surface area (Å²) in [5, 5.41) is 16.2. The van der Waals surface area contributed by atoms with E-state index in [9.17, 15) is 18.0 Å². The molecule has 0 atom stereocenters. The Hall–Kier alpha value is -4.80. The van der Waals surface area contributed by atoms with Crippen molar-refractivity contribution < 1.29 is 22.7 Å². The van der Waals surface area contributed by atoms with Gasteiger partial charge in [0, 0.05) is 75.4 Å². The van der Waals surface area contributed by atoms with E-state index < -0.39 is 17.6 Å². The van der Waals surface area contributed by atoms with Gasteiger partial charge in [0.25, 0.3) is 5.91 Å². The fraction of sp³-hybridized carbons (Fsp3) is 0.387. The summed E-state index contributed by atoms with van der Waals surface area (Å²) in [6, 6.07) is 10.5. The van der Waals surface area contributed by atoms with Crippen molar-refractivity contribution in [1.29, 1.82) is 0 Å². The number of halogens is 3. The van der Waals surface area contributed by atoms with Crippen LogP contribution in [0.3, 0.4) is 0 Å². The van der Waals surface area contributed by atoms with E-state index in [1.54, 1.807) is 29.2 Å². The Labute approximate surface area is 269 Å². The van der Waals surface area contributed by atoms with E-state index >= 15 is 0 Å². The molecule has 0 bridgehead atoms. The Bertz CT molecular complexity index is 1660. The number of amides is 1. The van der Waals surface area contributed by atoms with Crippen molar-refractivity contribution in [3.8, 4) is 0 Å². The average molecular weight is 652 g/mol. The third-order valence-electron chi connectivity index (χ3n) is 8.03. The summed E-state index contributed by atoms with van der Waals surface area (Å²) in [4.78, 5) is 32.6. The van der Waals surface area contributed by atoms with Gasteiger partial charge in [-0.05, 0) is 42.8 Å². The van der Waals surface area contributed by atoms with Crippen LogP contribution in [0.1, 0.15) is 21.5 Å². The molecule has 2 aromatic carbocycles. The molecule has 4 heterocycles. The Morgan fingerprint density at radius 1 is 1.00 bits per heavy atom. The van der Waals surface area contributed by atoms with E-state index in [-0.39, 0.29) is 5.56 Å². The van der Waals surface area contributed by atoms with Gasteiger partial charge in [0.1, 0.15) is 24.3 Å². The van der Waals surface area contributed by atoms with Crippen LogP contribution in [0.4, 0.5) is 47.8 Å². The number of ether oxygens (including phenoxy) is 1. The number of alkyl halides is 3. The SMILES string of the molecule is Cc1ccc(NC(=O)c2cc(N3CCNCC3)cc(C(F)(F)F)c2)cc1N(c1cc(NCCN2CCOCC2)ncn1)c1ncn[nH]1. The number of aryl methyl sites for hydroxylation is 1. The van der Waals surface area contributed by atoms with E-state index in [0.717, 1.165) is 50.5 Å². The van der Waals surface area contributed by atoms with Crippen LogP contribution in [0.15, 0.2) is 55.1 Å². The highest BCUT2D eigenvalue weighted by molar-refractivity contribution is 6.05. The molecule has 0 unspecified atom stereocenters. The number of benzene rings is 2. The highest BCUT2D eigenvalue weighted by Crippen LogP contribution is 2.36. The highest BCUT2D eigenvalue weighted by Gasteiger charge is 2.32.